The van der Waals surface area contributed by atoms with Crippen LogP contribution in [-0.4, -0.2) is 20.3 Å². The molecule has 0 spiro atoms. The van der Waals surface area contributed by atoms with Gasteiger partial charge in [0.15, 0.2) is 0 Å². The molecular formula is C2H6S2Si. The fraction of sp³-hybridized carbons (Fsp3) is 1.00. The van der Waals surface area contributed by atoms with Gasteiger partial charge in [0.25, 0.3) is 0 Å². The Kier molecular flexibility index (Phi) is 5.82. The van der Waals surface area contributed by atoms with Gasteiger partial charge in [-0.15, -0.1) is 0 Å². The van der Waals surface area contributed by atoms with Crippen LogP contribution in [0.4, 0.5) is 0 Å². The van der Waals surface area contributed by atoms with Crippen molar-refractivity contribution in [1.29, 1.82) is 0 Å². The van der Waals surface area contributed by atoms with E-state index in [0.29, 0.717) is 0 Å². The molecule has 0 aliphatic carbocycles. The molecule has 3 heteroatoms. The standard InChI is InChI=1S/C2H6S2Si/c1-3-5-4-2/h1-2H3. The highest BCUT2D eigenvalue weighted by Gasteiger charge is 1.72. The van der Waals surface area contributed by atoms with Crippen LogP contribution < -0.4 is 0 Å². The molecular weight excluding hydrogens is 116 g/mol. The summed E-state index contributed by atoms with van der Waals surface area (Å²) in [5.74, 6) is 0. The lowest BCUT2D eigenvalue weighted by Gasteiger charge is -1.77. The predicted octanol–water partition coefficient (Wildman–Crippen LogP) is 1.25. The lowest BCUT2D eigenvalue weighted by Crippen LogP contribution is -1.64. The van der Waals surface area contributed by atoms with Gasteiger partial charge in [0.1, 0.15) is 0 Å². The van der Waals surface area contributed by atoms with Crippen molar-refractivity contribution >= 4 is 30.2 Å². The van der Waals surface area contributed by atoms with Crippen LogP contribution in [0.15, 0.2) is 0 Å². The Morgan fingerprint density at radius 3 is 1.60 bits per heavy atom. The second kappa shape index (κ2) is 4.92. The summed E-state index contributed by atoms with van der Waals surface area (Å²) in [4.78, 5) is 0. The van der Waals surface area contributed by atoms with Gasteiger partial charge in [-0.2, -0.15) is 22.4 Å². The fourth-order valence-corrected chi connectivity index (χ4v) is 2.25. The predicted molar refractivity (Wildman–Crippen MR) is 32.8 cm³/mol. The molecule has 0 aliphatic rings. The summed E-state index contributed by atoms with van der Waals surface area (Å²) < 4.78 is 0. The molecule has 0 saturated carbocycles. The Balaban J connectivity index is 2.19. The molecule has 0 amide bonds. The third-order valence-electron chi connectivity index (χ3n) is 0.167. The van der Waals surface area contributed by atoms with Crippen LogP contribution in [0.25, 0.3) is 0 Å². The molecule has 0 atom stereocenters. The van der Waals surface area contributed by atoms with E-state index < -0.39 is 0 Å². The molecule has 0 fully saturated rings. The summed E-state index contributed by atoms with van der Waals surface area (Å²) >= 11 is 3.78. The Labute approximate surface area is 43.2 Å². The molecule has 0 heterocycles. The van der Waals surface area contributed by atoms with Crippen LogP contribution in [-0.2, 0) is 0 Å². The minimum atomic E-state index is 1.03. The summed E-state index contributed by atoms with van der Waals surface area (Å²) in [6, 6.07) is 0. The molecule has 0 N–H and O–H groups in total. The van der Waals surface area contributed by atoms with Crippen LogP contribution in [0.3, 0.4) is 0 Å². The van der Waals surface area contributed by atoms with Gasteiger partial charge in [0.2, 0.25) is 7.82 Å². The van der Waals surface area contributed by atoms with E-state index in [1.165, 1.54) is 0 Å². The van der Waals surface area contributed by atoms with E-state index in [-0.39, 0.29) is 0 Å². The van der Waals surface area contributed by atoms with Gasteiger partial charge >= 0.3 is 0 Å². The lowest BCUT2D eigenvalue weighted by atomic mass is 12.0. The van der Waals surface area contributed by atoms with Crippen molar-refractivity contribution in [2.75, 3.05) is 12.5 Å². The van der Waals surface area contributed by atoms with Crippen LogP contribution in [0.2, 0.25) is 0 Å². The topological polar surface area (TPSA) is 0 Å². The summed E-state index contributed by atoms with van der Waals surface area (Å²) in [6.45, 7) is 0. The molecule has 0 bridgehead atoms. The highest BCUT2D eigenvalue weighted by atomic mass is 32.6. The maximum atomic E-state index is 2.12. The number of rotatable bonds is 2. The van der Waals surface area contributed by atoms with Gasteiger partial charge in [-0.25, -0.2) is 0 Å². The van der Waals surface area contributed by atoms with Crippen molar-refractivity contribution in [2.45, 2.75) is 0 Å². The monoisotopic (exact) mass is 122 g/mol. The summed E-state index contributed by atoms with van der Waals surface area (Å²) in [6.07, 6.45) is 4.24. The van der Waals surface area contributed by atoms with Gasteiger partial charge in [0.05, 0.1) is 0 Å². The van der Waals surface area contributed by atoms with Crippen LogP contribution in [0.1, 0.15) is 0 Å². The molecule has 0 rings (SSSR count). The van der Waals surface area contributed by atoms with E-state index >= 15 is 0 Å². The zero-order valence-electron chi connectivity index (χ0n) is 3.32. The van der Waals surface area contributed by atoms with Gasteiger partial charge < -0.3 is 0 Å². The SMILES string of the molecule is CS[Si]SC. The second-order valence-electron chi connectivity index (χ2n) is 0.492. The normalized spacial score (nSPS) is 8.40. The third-order valence-corrected chi connectivity index (χ3v) is 4.50. The summed E-state index contributed by atoms with van der Waals surface area (Å²) in [5.41, 5.74) is 0. The minimum Gasteiger partial charge on any atom is -0.178 e. The van der Waals surface area contributed by atoms with Crippen molar-refractivity contribution in [1.82, 2.24) is 0 Å². The highest BCUT2D eigenvalue weighted by Crippen LogP contribution is 1.96. The summed E-state index contributed by atoms with van der Waals surface area (Å²) in [5, 5.41) is 0. The lowest BCUT2D eigenvalue weighted by molar-refractivity contribution is 2.53. The first kappa shape index (κ1) is 5.92. The molecule has 2 radical (unpaired) electrons. The first-order valence-electron chi connectivity index (χ1n) is 1.22. The first-order chi connectivity index (χ1) is 2.41. The average molecular weight is 122 g/mol. The molecule has 0 unspecified atom stereocenters. The highest BCUT2D eigenvalue weighted by molar-refractivity contribution is 8.50. The minimum absolute atomic E-state index is 1.03. The molecule has 0 saturated heterocycles. The van der Waals surface area contributed by atoms with E-state index in [4.69, 9.17) is 0 Å². The van der Waals surface area contributed by atoms with Crippen LogP contribution in [0, 0.1) is 0 Å². The Morgan fingerprint density at radius 2 is 1.60 bits per heavy atom. The Morgan fingerprint density at radius 1 is 1.20 bits per heavy atom. The maximum Gasteiger partial charge on any atom is 0.200 e. The van der Waals surface area contributed by atoms with E-state index in [9.17, 15) is 0 Å². The fourth-order valence-electron chi connectivity index (χ4n) is 0.0833. The van der Waals surface area contributed by atoms with Crippen molar-refractivity contribution in [3.8, 4) is 0 Å². The smallest absolute Gasteiger partial charge is 0.178 e. The molecule has 0 aromatic rings. The zero-order valence-corrected chi connectivity index (χ0v) is 5.95. The van der Waals surface area contributed by atoms with Crippen LogP contribution in [0.5, 0.6) is 0 Å². The average Bonchev–Trinajstić information content (AvgIpc) is 1.41. The molecule has 0 aromatic carbocycles. The maximum absolute atomic E-state index is 2.12. The van der Waals surface area contributed by atoms with E-state index in [2.05, 4.69) is 12.5 Å². The Hall–Kier alpha value is 0.917. The van der Waals surface area contributed by atoms with E-state index in [1.54, 1.807) is 0 Å². The number of hydrogen-bond donors (Lipinski definition) is 0. The molecule has 5 heavy (non-hydrogen) atoms. The third kappa shape index (κ3) is 4.92. The molecule has 0 nitrogen and oxygen atoms in total. The van der Waals surface area contributed by atoms with E-state index in [1.807, 2.05) is 22.4 Å². The van der Waals surface area contributed by atoms with Crippen molar-refractivity contribution in [3.05, 3.63) is 0 Å². The number of hydrogen-bond acceptors (Lipinski definition) is 2. The van der Waals surface area contributed by atoms with E-state index in [0.717, 1.165) is 7.82 Å². The summed E-state index contributed by atoms with van der Waals surface area (Å²) in [7, 11) is 1.03. The van der Waals surface area contributed by atoms with Gasteiger partial charge in [-0.3, -0.25) is 0 Å². The Bertz CT molecular complexity index is 15.1. The second-order valence-corrected chi connectivity index (χ2v) is 5.92. The molecule has 0 aromatic heterocycles. The van der Waals surface area contributed by atoms with Gasteiger partial charge in [0, 0.05) is 0 Å². The molecule has 30 valence electrons. The largest absolute Gasteiger partial charge is 0.200 e. The zero-order chi connectivity index (χ0) is 4.12. The van der Waals surface area contributed by atoms with Crippen molar-refractivity contribution in [2.24, 2.45) is 0 Å². The van der Waals surface area contributed by atoms with Gasteiger partial charge in [-0.1, -0.05) is 0 Å². The van der Waals surface area contributed by atoms with Crippen molar-refractivity contribution in [3.63, 3.8) is 0 Å². The van der Waals surface area contributed by atoms with Gasteiger partial charge in [-0.05, 0) is 12.5 Å². The van der Waals surface area contributed by atoms with Crippen molar-refractivity contribution < 1.29 is 0 Å². The van der Waals surface area contributed by atoms with Crippen LogP contribution >= 0.6 is 22.4 Å². The quantitative estimate of drug-likeness (QED) is 0.506. The molecule has 0 aliphatic heterocycles. The first-order valence-corrected chi connectivity index (χ1v) is 6.12.